The Morgan fingerprint density at radius 1 is 0.295 bits per heavy atom. The zero-order chi connectivity index (χ0) is 41.9. The van der Waals surface area contributed by atoms with E-state index in [1.54, 1.807) is 18.2 Å². The Bertz CT molecular complexity index is 3260. The molecule has 0 amide bonds. The first-order chi connectivity index (χ1) is 29.5. The van der Waals surface area contributed by atoms with Gasteiger partial charge in [0.05, 0.1) is 44.8 Å². The second kappa shape index (κ2) is 14.4. The van der Waals surface area contributed by atoms with Gasteiger partial charge in [-0.15, -0.1) is 0 Å². The lowest BCUT2D eigenvalue weighted by atomic mass is 9.70. The van der Waals surface area contributed by atoms with Gasteiger partial charge >= 0.3 is 12.4 Å². The first-order valence-electron chi connectivity index (χ1n) is 19.4. The van der Waals surface area contributed by atoms with Crippen molar-refractivity contribution in [2.75, 3.05) is 0 Å². The molecule has 4 aromatic heterocycles. The lowest BCUT2D eigenvalue weighted by Crippen LogP contribution is -2.55. The van der Waals surface area contributed by atoms with Crippen LogP contribution in [-0.2, 0) is 5.41 Å². The molecule has 0 spiro atoms. The number of fused-ring (bicyclic) bond motifs is 6. The maximum Gasteiger partial charge on any atom is 0.411 e. The van der Waals surface area contributed by atoms with Gasteiger partial charge in [-0.25, -0.2) is 19.9 Å². The van der Waals surface area contributed by atoms with Gasteiger partial charge in [0.25, 0.3) is 0 Å². The normalized spacial score (nSPS) is 12.4. The molecule has 4 heterocycles. The van der Waals surface area contributed by atoms with Crippen molar-refractivity contribution in [1.29, 1.82) is 0 Å². The fraction of sp³-hybridized carbons (Fsp3) is 0.0588. The number of alkyl halides is 6. The van der Waals surface area contributed by atoms with Crippen molar-refractivity contribution in [3.8, 4) is 45.0 Å². The number of nitrogens with zero attached hydrogens (tertiary/aromatic N) is 4. The lowest BCUT2D eigenvalue weighted by Gasteiger charge is -2.39. The highest BCUT2D eigenvalue weighted by Gasteiger charge is 2.73. The Kier molecular flexibility index (Phi) is 8.90. The fourth-order valence-electron chi connectivity index (χ4n) is 8.26. The number of rotatable bonds is 6. The third kappa shape index (κ3) is 6.34. The average molecular weight is 813 g/mol. The highest BCUT2D eigenvalue weighted by atomic mass is 19.4. The van der Waals surface area contributed by atoms with E-state index >= 15 is 26.3 Å². The summed E-state index contributed by atoms with van der Waals surface area (Å²) in [7, 11) is 0. The Morgan fingerprint density at radius 2 is 0.623 bits per heavy atom. The molecule has 10 aromatic rings. The van der Waals surface area contributed by atoms with Crippen LogP contribution >= 0.6 is 0 Å². The molecule has 0 atom stereocenters. The van der Waals surface area contributed by atoms with Crippen molar-refractivity contribution in [3.63, 3.8) is 0 Å². The fourth-order valence-corrected chi connectivity index (χ4v) is 8.26. The van der Waals surface area contributed by atoms with E-state index < -0.39 is 28.9 Å². The van der Waals surface area contributed by atoms with Crippen LogP contribution in [0.5, 0.6) is 0 Å². The number of benzene rings is 6. The Hall–Kier alpha value is -7.46. The van der Waals surface area contributed by atoms with Crippen LogP contribution in [0.4, 0.5) is 26.3 Å². The molecular formula is C51H30F6N4. The van der Waals surface area contributed by atoms with Gasteiger partial charge in [0.2, 0.25) is 5.41 Å². The molecular weight excluding hydrogens is 783 g/mol. The third-order valence-electron chi connectivity index (χ3n) is 11.2. The molecule has 296 valence electrons. The smallest absolute Gasteiger partial charge is 0.245 e. The molecule has 10 heteroatoms. The maximum atomic E-state index is 15.7. The Morgan fingerprint density at radius 3 is 1.03 bits per heavy atom. The largest absolute Gasteiger partial charge is 0.411 e. The molecule has 0 bridgehead atoms. The van der Waals surface area contributed by atoms with E-state index in [0.717, 1.165) is 45.8 Å². The quantitative estimate of drug-likeness (QED) is 0.124. The van der Waals surface area contributed by atoms with E-state index in [1.165, 1.54) is 36.4 Å². The van der Waals surface area contributed by atoms with Crippen LogP contribution in [0.2, 0.25) is 0 Å². The van der Waals surface area contributed by atoms with Crippen molar-refractivity contribution in [2.24, 2.45) is 0 Å². The van der Waals surface area contributed by atoms with E-state index in [4.69, 9.17) is 19.9 Å². The predicted octanol–water partition coefficient (Wildman–Crippen LogP) is 14.0. The van der Waals surface area contributed by atoms with Gasteiger partial charge in [0.15, 0.2) is 0 Å². The molecule has 6 aromatic carbocycles. The molecule has 0 saturated heterocycles. The summed E-state index contributed by atoms with van der Waals surface area (Å²) in [5.41, 5.74) is -1.01. The number of pyridine rings is 4. The van der Waals surface area contributed by atoms with Gasteiger partial charge in [-0.3, -0.25) is 0 Å². The summed E-state index contributed by atoms with van der Waals surface area (Å²) in [4.78, 5) is 19.4. The standard InChI is InChI=1S/C51H30F6N4/c52-50(53,54)49(51(55,56)57,38-25-19-33(20-26-38)43-29-23-35-16-15-34-21-27-41(31-9-3-1-4-10-31)58-45(34)46(35)60-43)40-14-8-7-13-39(40)44-30-24-37-18-17-36-22-28-42(32-11-5-2-6-12-32)59-47(36)48(37)61-44/h1-30H. The number of hydrogen-bond donors (Lipinski definition) is 0. The average Bonchev–Trinajstić information content (AvgIpc) is 3.28. The summed E-state index contributed by atoms with van der Waals surface area (Å²) in [6, 6.07) is 49.7. The highest BCUT2D eigenvalue weighted by molar-refractivity contribution is 6.05. The monoisotopic (exact) mass is 812 g/mol. The minimum Gasteiger partial charge on any atom is -0.245 e. The molecule has 0 unspecified atom stereocenters. The molecule has 0 aliphatic heterocycles. The van der Waals surface area contributed by atoms with Crippen molar-refractivity contribution >= 4 is 43.6 Å². The highest BCUT2D eigenvalue weighted by Crippen LogP contribution is 2.58. The molecule has 61 heavy (non-hydrogen) atoms. The SMILES string of the molecule is FC(F)(F)C(c1ccc(-c2ccc3ccc4ccc(-c5ccccc5)nc4c3n2)cc1)(c1ccccc1-c1ccc2ccc3ccc(-c4ccccc4)nc3c2n1)C(F)(F)F. The van der Waals surface area contributed by atoms with Crippen LogP contribution in [0, 0.1) is 0 Å². The van der Waals surface area contributed by atoms with Gasteiger partial charge < -0.3 is 0 Å². The molecule has 0 fully saturated rings. The second-order valence-corrected chi connectivity index (χ2v) is 14.8. The van der Waals surface area contributed by atoms with Crippen LogP contribution in [0.25, 0.3) is 88.6 Å². The summed E-state index contributed by atoms with van der Waals surface area (Å²) in [5, 5.41) is 2.95. The van der Waals surface area contributed by atoms with E-state index in [1.807, 2.05) is 109 Å². The summed E-state index contributed by atoms with van der Waals surface area (Å²) in [6.07, 6.45) is -11.7. The van der Waals surface area contributed by atoms with E-state index in [9.17, 15) is 0 Å². The van der Waals surface area contributed by atoms with Gasteiger partial charge in [0.1, 0.15) is 0 Å². The van der Waals surface area contributed by atoms with Crippen LogP contribution in [-0.4, -0.2) is 32.3 Å². The van der Waals surface area contributed by atoms with Crippen LogP contribution in [0.15, 0.2) is 182 Å². The van der Waals surface area contributed by atoms with Crippen molar-refractivity contribution in [3.05, 3.63) is 193 Å². The number of aromatic nitrogens is 4. The van der Waals surface area contributed by atoms with E-state index in [-0.39, 0.29) is 11.3 Å². The van der Waals surface area contributed by atoms with Crippen molar-refractivity contribution in [1.82, 2.24) is 19.9 Å². The molecule has 0 radical (unpaired) electrons. The van der Waals surface area contributed by atoms with Crippen molar-refractivity contribution in [2.45, 2.75) is 17.8 Å². The molecule has 0 saturated carbocycles. The minimum absolute atomic E-state index is 0.0615. The van der Waals surface area contributed by atoms with Crippen LogP contribution < -0.4 is 0 Å². The summed E-state index contributed by atoms with van der Waals surface area (Å²) < 4.78 is 94.4. The molecule has 4 nitrogen and oxygen atoms in total. The topological polar surface area (TPSA) is 51.6 Å². The van der Waals surface area contributed by atoms with Gasteiger partial charge in [-0.1, -0.05) is 158 Å². The molecule has 0 aliphatic rings. The number of halogens is 6. The maximum absolute atomic E-state index is 15.7. The first kappa shape index (κ1) is 37.8. The molecule has 0 N–H and O–H groups in total. The molecule has 0 aliphatic carbocycles. The zero-order valence-corrected chi connectivity index (χ0v) is 31.9. The van der Waals surface area contributed by atoms with Crippen LogP contribution in [0.1, 0.15) is 11.1 Å². The third-order valence-corrected chi connectivity index (χ3v) is 11.2. The lowest BCUT2D eigenvalue weighted by molar-refractivity contribution is -0.288. The second-order valence-electron chi connectivity index (χ2n) is 14.8. The Labute approximate surface area is 344 Å². The molecule has 10 rings (SSSR count). The van der Waals surface area contributed by atoms with E-state index in [2.05, 4.69) is 0 Å². The van der Waals surface area contributed by atoms with Crippen LogP contribution in [0.3, 0.4) is 0 Å². The summed E-state index contributed by atoms with van der Waals surface area (Å²) in [6.45, 7) is 0. The summed E-state index contributed by atoms with van der Waals surface area (Å²) >= 11 is 0. The summed E-state index contributed by atoms with van der Waals surface area (Å²) in [5.74, 6) is 0. The number of hydrogen-bond acceptors (Lipinski definition) is 4. The van der Waals surface area contributed by atoms with Gasteiger partial charge in [0, 0.05) is 43.8 Å². The van der Waals surface area contributed by atoms with Crippen molar-refractivity contribution < 1.29 is 26.3 Å². The van der Waals surface area contributed by atoms with Gasteiger partial charge in [-0.2, -0.15) is 26.3 Å². The predicted molar refractivity (Wildman–Crippen MR) is 229 cm³/mol. The van der Waals surface area contributed by atoms with E-state index in [0.29, 0.717) is 49.8 Å². The first-order valence-corrected chi connectivity index (χ1v) is 19.4. The van der Waals surface area contributed by atoms with Gasteiger partial charge in [-0.05, 0) is 35.4 Å². The zero-order valence-electron chi connectivity index (χ0n) is 31.9. The minimum atomic E-state index is -5.83. The Balaban J connectivity index is 1.10.